The third-order valence-electron chi connectivity index (χ3n) is 4.47. The first kappa shape index (κ1) is 16.7. The van der Waals surface area contributed by atoms with Gasteiger partial charge in [0, 0.05) is 18.1 Å². The van der Waals surface area contributed by atoms with E-state index in [1.807, 2.05) is 43.3 Å². The molecule has 0 spiro atoms. The number of amides is 1. The molecule has 2 heterocycles. The fraction of sp³-hybridized carbons (Fsp3) is 0.143. The normalized spacial score (nSPS) is 15.0. The number of aryl methyl sites for hydroxylation is 1. The van der Waals surface area contributed by atoms with Gasteiger partial charge in [-0.05, 0) is 24.6 Å². The second-order valence-corrected chi connectivity index (χ2v) is 6.32. The first-order chi connectivity index (χ1) is 13.1. The van der Waals surface area contributed by atoms with Gasteiger partial charge in [-0.3, -0.25) is 9.79 Å². The Bertz CT molecular complexity index is 1100. The molecule has 6 heteroatoms. The van der Waals surface area contributed by atoms with E-state index in [4.69, 9.17) is 14.8 Å². The quantitative estimate of drug-likeness (QED) is 0.761. The van der Waals surface area contributed by atoms with Crippen molar-refractivity contribution in [2.24, 2.45) is 4.99 Å². The first-order valence-corrected chi connectivity index (χ1v) is 8.50. The van der Waals surface area contributed by atoms with E-state index >= 15 is 0 Å². The van der Waals surface area contributed by atoms with E-state index in [0.717, 1.165) is 33.7 Å². The van der Waals surface area contributed by atoms with E-state index in [2.05, 4.69) is 16.5 Å². The van der Waals surface area contributed by atoms with E-state index in [1.54, 1.807) is 12.1 Å². The summed E-state index contributed by atoms with van der Waals surface area (Å²) >= 11 is 0. The maximum absolute atomic E-state index is 11.8. The number of aliphatic imine (C=N–C) groups is 1. The van der Waals surface area contributed by atoms with Crippen LogP contribution in [-0.4, -0.2) is 16.8 Å². The van der Waals surface area contributed by atoms with Crippen LogP contribution in [0, 0.1) is 18.3 Å². The average molecular weight is 356 g/mol. The highest BCUT2D eigenvalue weighted by molar-refractivity contribution is 6.17. The van der Waals surface area contributed by atoms with Gasteiger partial charge in [-0.1, -0.05) is 41.6 Å². The molecule has 27 heavy (non-hydrogen) atoms. The monoisotopic (exact) mass is 356 g/mol. The number of rotatable bonds is 2. The van der Waals surface area contributed by atoms with Crippen LogP contribution >= 0.6 is 0 Å². The molecule has 3 aromatic rings. The van der Waals surface area contributed by atoms with Crippen molar-refractivity contribution in [3.05, 3.63) is 76.7 Å². The highest BCUT2D eigenvalue weighted by atomic mass is 16.5. The number of fused-ring (bicyclic) bond motifs is 3. The summed E-state index contributed by atoms with van der Waals surface area (Å²) in [6.45, 7) is 3.31. The molecular weight excluding hydrogens is 340 g/mol. The van der Waals surface area contributed by atoms with Crippen LogP contribution in [0.5, 0.6) is 0 Å². The maximum Gasteiger partial charge on any atom is 0.218 e. The lowest BCUT2D eigenvalue weighted by molar-refractivity contribution is -0.119. The third kappa shape index (κ3) is 2.89. The number of hydrogen-bond donors (Lipinski definition) is 1. The van der Waals surface area contributed by atoms with Crippen molar-refractivity contribution in [2.75, 3.05) is 0 Å². The number of carbonyl (C=O) groups excluding carboxylic acids is 1. The highest BCUT2D eigenvalue weighted by Gasteiger charge is 2.30. The molecule has 1 atom stereocenters. The lowest BCUT2D eigenvalue weighted by Gasteiger charge is -2.12. The van der Waals surface area contributed by atoms with Crippen LogP contribution in [0.15, 0.2) is 58.0 Å². The van der Waals surface area contributed by atoms with E-state index in [0.29, 0.717) is 11.3 Å². The smallest absolute Gasteiger partial charge is 0.218 e. The predicted octanol–water partition coefficient (Wildman–Crippen LogP) is 3.51. The number of nitrogens with one attached hydrogen (secondary N) is 1. The van der Waals surface area contributed by atoms with Gasteiger partial charge in [0.2, 0.25) is 5.91 Å². The van der Waals surface area contributed by atoms with E-state index in [9.17, 15) is 4.79 Å². The standard InChI is InChI=1S/C21H16N4O2/c1-12-18-16-5-3-4-6-17(16)19(15-9-7-14(11-22)8-10-15)24-21(23-13(2)26)20(18)27-25-12/h3-10,21H,1-2H3,(H,23,26). The van der Waals surface area contributed by atoms with Crippen LogP contribution in [0.4, 0.5) is 0 Å². The van der Waals surface area contributed by atoms with Crippen molar-refractivity contribution in [1.29, 1.82) is 5.26 Å². The molecule has 0 fully saturated rings. The van der Waals surface area contributed by atoms with Crippen molar-refractivity contribution in [3.63, 3.8) is 0 Å². The van der Waals surface area contributed by atoms with Gasteiger partial charge in [0.15, 0.2) is 11.9 Å². The summed E-state index contributed by atoms with van der Waals surface area (Å²) in [7, 11) is 0. The SMILES string of the molecule is CC(=O)NC1N=C(c2ccc(C#N)cc2)c2ccccc2-c2c(C)noc21. The van der Waals surface area contributed by atoms with E-state index in [-0.39, 0.29) is 5.91 Å². The van der Waals surface area contributed by atoms with Crippen LogP contribution in [0.25, 0.3) is 11.1 Å². The average Bonchev–Trinajstić information content (AvgIpc) is 3.00. The molecule has 132 valence electrons. The van der Waals surface area contributed by atoms with Gasteiger partial charge in [0.05, 0.1) is 28.6 Å². The van der Waals surface area contributed by atoms with Gasteiger partial charge >= 0.3 is 0 Å². The minimum atomic E-state index is -0.684. The molecule has 0 saturated carbocycles. The summed E-state index contributed by atoms with van der Waals surface area (Å²) in [5.41, 5.74) is 5.60. The molecule has 1 aliphatic heterocycles. The van der Waals surface area contributed by atoms with Crippen LogP contribution in [0.3, 0.4) is 0 Å². The highest BCUT2D eigenvalue weighted by Crippen LogP contribution is 2.38. The van der Waals surface area contributed by atoms with E-state index in [1.165, 1.54) is 6.92 Å². The van der Waals surface area contributed by atoms with Gasteiger partial charge in [-0.2, -0.15) is 5.26 Å². The number of nitriles is 1. The lowest BCUT2D eigenvalue weighted by atomic mass is 9.93. The Morgan fingerprint density at radius 1 is 1.15 bits per heavy atom. The summed E-state index contributed by atoms with van der Waals surface area (Å²) in [4.78, 5) is 16.6. The summed E-state index contributed by atoms with van der Waals surface area (Å²) in [5.74, 6) is 0.299. The van der Waals surface area contributed by atoms with Crippen LogP contribution < -0.4 is 5.32 Å². The van der Waals surface area contributed by atoms with Crippen LogP contribution in [0.2, 0.25) is 0 Å². The maximum atomic E-state index is 11.8. The molecule has 1 aliphatic rings. The molecule has 0 aliphatic carbocycles. The number of benzene rings is 2. The first-order valence-electron chi connectivity index (χ1n) is 8.50. The van der Waals surface area contributed by atoms with Crippen molar-refractivity contribution in [3.8, 4) is 17.2 Å². The molecule has 1 unspecified atom stereocenters. The zero-order valence-corrected chi connectivity index (χ0v) is 14.9. The number of carbonyl (C=O) groups is 1. The number of nitrogens with zero attached hydrogens (tertiary/aromatic N) is 3. The van der Waals surface area contributed by atoms with Crippen molar-refractivity contribution >= 4 is 11.6 Å². The molecule has 1 amide bonds. The summed E-state index contributed by atoms with van der Waals surface area (Å²) in [6.07, 6.45) is -0.684. The Hall–Kier alpha value is -3.72. The largest absolute Gasteiger partial charge is 0.356 e. The van der Waals surface area contributed by atoms with Crippen molar-refractivity contribution in [2.45, 2.75) is 20.0 Å². The predicted molar refractivity (Wildman–Crippen MR) is 100 cm³/mol. The second kappa shape index (κ2) is 6.54. The fourth-order valence-electron chi connectivity index (χ4n) is 3.29. The molecule has 0 saturated heterocycles. The molecule has 0 radical (unpaired) electrons. The molecule has 4 rings (SSSR count). The second-order valence-electron chi connectivity index (χ2n) is 6.32. The number of hydrogen-bond acceptors (Lipinski definition) is 5. The summed E-state index contributed by atoms with van der Waals surface area (Å²) in [6, 6.07) is 17.2. The topological polar surface area (TPSA) is 91.3 Å². The summed E-state index contributed by atoms with van der Waals surface area (Å²) < 4.78 is 5.54. The lowest BCUT2D eigenvalue weighted by Crippen LogP contribution is -2.25. The molecule has 2 aromatic carbocycles. The Balaban J connectivity index is 1.98. The zero-order valence-electron chi connectivity index (χ0n) is 14.9. The van der Waals surface area contributed by atoms with Gasteiger partial charge in [-0.15, -0.1) is 0 Å². The molecule has 6 nitrogen and oxygen atoms in total. The van der Waals surface area contributed by atoms with Crippen LogP contribution in [-0.2, 0) is 4.79 Å². The van der Waals surface area contributed by atoms with Gasteiger partial charge in [0.25, 0.3) is 0 Å². The third-order valence-corrected chi connectivity index (χ3v) is 4.47. The Labute approximate surface area is 156 Å². The van der Waals surface area contributed by atoms with E-state index < -0.39 is 6.17 Å². The Morgan fingerprint density at radius 3 is 2.52 bits per heavy atom. The van der Waals surface area contributed by atoms with Crippen molar-refractivity contribution in [1.82, 2.24) is 10.5 Å². The Morgan fingerprint density at radius 2 is 1.85 bits per heavy atom. The minimum Gasteiger partial charge on any atom is -0.356 e. The molecular formula is C21H16N4O2. The molecule has 0 bridgehead atoms. The van der Waals surface area contributed by atoms with Crippen molar-refractivity contribution < 1.29 is 9.32 Å². The minimum absolute atomic E-state index is 0.214. The number of aromatic nitrogens is 1. The molecule has 1 aromatic heterocycles. The van der Waals surface area contributed by atoms with Gasteiger partial charge in [0.1, 0.15) is 0 Å². The zero-order chi connectivity index (χ0) is 19.0. The van der Waals surface area contributed by atoms with Gasteiger partial charge < -0.3 is 9.84 Å². The Kier molecular flexibility index (Phi) is 4.05. The summed E-state index contributed by atoms with van der Waals surface area (Å²) in [5, 5.41) is 16.0. The molecule has 1 N–H and O–H groups in total. The van der Waals surface area contributed by atoms with Crippen LogP contribution in [0.1, 0.15) is 41.2 Å². The van der Waals surface area contributed by atoms with Gasteiger partial charge in [-0.25, -0.2) is 0 Å². The fourth-order valence-corrected chi connectivity index (χ4v) is 3.29.